The molecule has 3 heterocycles. The van der Waals surface area contributed by atoms with Gasteiger partial charge in [-0.1, -0.05) is 0 Å². The molecule has 0 saturated carbocycles. The van der Waals surface area contributed by atoms with Gasteiger partial charge >= 0.3 is 0 Å². The molecule has 26 heavy (non-hydrogen) atoms. The maximum absolute atomic E-state index is 12.5. The third-order valence-electron chi connectivity index (χ3n) is 4.68. The second-order valence-electron chi connectivity index (χ2n) is 7.04. The van der Waals surface area contributed by atoms with E-state index in [0.29, 0.717) is 5.82 Å². The second kappa shape index (κ2) is 7.95. The van der Waals surface area contributed by atoms with Crippen LogP contribution in [0.3, 0.4) is 0 Å². The lowest BCUT2D eigenvalue weighted by atomic mass is 10.0. The Balaban J connectivity index is 1.98. The summed E-state index contributed by atoms with van der Waals surface area (Å²) in [4.78, 5) is 23.8. The van der Waals surface area contributed by atoms with Crippen LogP contribution >= 0.6 is 0 Å². The standard InChI is InChI=1S/C19H27N5O2/c1-13(2)24-16(8-9-20-24)15-11-14(3)21-19(22-15)17-7-5-6-10-23(17)18(25)12-26-4/h8-9,11,13,17H,5-7,10,12H2,1-4H3/t17-/m1/s1. The van der Waals surface area contributed by atoms with Crippen molar-refractivity contribution in [2.45, 2.75) is 52.1 Å². The van der Waals surface area contributed by atoms with E-state index >= 15 is 0 Å². The molecule has 1 saturated heterocycles. The van der Waals surface area contributed by atoms with Crippen molar-refractivity contribution in [1.82, 2.24) is 24.6 Å². The Morgan fingerprint density at radius 1 is 1.35 bits per heavy atom. The van der Waals surface area contributed by atoms with Gasteiger partial charge in [0.05, 0.1) is 17.4 Å². The van der Waals surface area contributed by atoms with E-state index in [1.165, 1.54) is 0 Å². The van der Waals surface area contributed by atoms with Gasteiger partial charge in [0.25, 0.3) is 0 Å². The van der Waals surface area contributed by atoms with Gasteiger partial charge in [0.1, 0.15) is 6.61 Å². The first kappa shape index (κ1) is 18.5. The van der Waals surface area contributed by atoms with Crippen LogP contribution in [0.5, 0.6) is 0 Å². The summed E-state index contributed by atoms with van der Waals surface area (Å²) in [5.41, 5.74) is 2.71. The average molecular weight is 357 g/mol. The molecule has 0 spiro atoms. The fraction of sp³-hybridized carbons (Fsp3) is 0.579. The zero-order valence-corrected chi connectivity index (χ0v) is 16.0. The number of carbonyl (C=O) groups is 1. The number of piperidine rings is 1. The summed E-state index contributed by atoms with van der Waals surface area (Å²) in [5.74, 6) is 0.705. The summed E-state index contributed by atoms with van der Waals surface area (Å²) in [6.07, 6.45) is 4.74. The van der Waals surface area contributed by atoms with Crippen molar-refractivity contribution < 1.29 is 9.53 Å². The minimum absolute atomic E-state index is 0.00363. The Labute approximate surface area is 154 Å². The maximum Gasteiger partial charge on any atom is 0.249 e. The molecule has 0 N–H and O–H groups in total. The van der Waals surface area contributed by atoms with Crippen molar-refractivity contribution in [2.75, 3.05) is 20.3 Å². The molecule has 0 bridgehead atoms. The van der Waals surface area contributed by atoms with Crippen molar-refractivity contribution in [3.05, 3.63) is 29.8 Å². The minimum atomic E-state index is -0.0968. The van der Waals surface area contributed by atoms with E-state index in [0.717, 1.165) is 42.9 Å². The van der Waals surface area contributed by atoms with Crippen molar-refractivity contribution in [3.63, 3.8) is 0 Å². The first-order chi connectivity index (χ1) is 12.5. The Morgan fingerprint density at radius 2 is 2.15 bits per heavy atom. The molecule has 0 aliphatic carbocycles. The van der Waals surface area contributed by atoms with E-state index in [9.17, 15) is 4.79 Å². The molecule has 2 aromatic rings. The highest BCUT2D eigenvalue weighted by atomic mass is 16.5. The normalized spacial score (nSPS) is 17.7. The molecule has 2 aromatic heterocycles. The van der Waals surface area contributed by atoms with E-state index in [-0.39, 0.29) is 24.6 Å². The topological polar surface area (TPSA) is 73.1 Å². The van der Waals surface area contributed by atoms with Crippen molar-refractivity contribution in [3.8, 4) is 11.4 Å². The predicted molar refractivity (Wildman–Crippen MR) is 98.6 cm³/mol. The lowest BCUT2D eigenvalue weighted by Crippen LogP contribution is -2.41. The summed E-state index contributed by atoms with van der Waals surface area (Å²) in [6, 6.07) is 4.10. The largest absolute Gasteiger partial charge is 0.375 e. The Kier molecular flexibility index (Phi) is 5.66. The minimum Gasteiger partial charge on any atom is -0.375 e. The van der Waals surface area contributed by atoms with Crippen molar-refractivity contribution in [2.24, 2.45) is 0 Å². The van der Waals surface area contributed by atoms with Crippen LogP contribution in [-0.2, 0) is 9.53 Å². The molecule has 7 heteroatoms. The Morgan fingerprint density at radius 3 is 2.88 bits per heavy atom. The molecule has 7 nitrogen and oxygen atoms in total. The lowest BCUT2D eigenvalue weighted by Gasteiger charge is -2.34. The van der Waals surface area contributed by atoms with Crippen LogP contribution in [-0.4, -0.2) is 50.8 Å². The predicted octanol–water partition coefficient (Wildman–Crippen LogP) is 2.93. The summed E-state index contributed by atoms with van der Waals surface area (Å²) in [6.45, 7) is 6.98. The highest BCUT2D eigenvalue weighted by molar-refractivity contribution is 5.78. The van der Waals surface area contributed by atoms with E-state index in [1.54, 1.807) is 13.3 Å². The highest BCUT2D eigenvalue weighted by Gasteiger charge is 2.30. The van der Waals surface area contributed by atoms with Gasteiger partial charge in [-0.3, -0.25) is 9.48 Å². The third kappa shape index (κ3) is 3.77. The Hall–Kier alpha value is -2.28. The average Bonchev–Trinajstić information content (AvgIpc) is 3.11. The molecule has 140 valence electrons. The Bertz CT molecular complexity index is 771. The van der Waals surface area contributed by atoms with Gasteiger partial charge in [0.2, 0.25) is 5.91 Å². The van der Waals surface area contributed by atoms with Crippen LogP contribution in [0.2, 0.25) is 0 Å². The molecule has 0 radical (unpaired) electrons. The molecule has 0 aromatic carbocycles. The van der Waals surface area contributed by atoms with Crippen LogP contribution in [0, 0.1) is 6.92 Å². The zero-order chi connectivity index (χ0) is 18.7. The first-order valence-electron chi connectivity index (χ1n) is 9.19. The number of rotatable bonds is 5. The van der Waals surface area contributed by atoms with Crippen LogP contribution in [0.4, 0.5) is 0 Å². The molecule has 0 unspecified atom stereocenters. The van der Waals surface area contributed by atoms with Gasteiger partial charge in [0, 0.05) is 31.6 Å². The number of methoxy groups -OCH3 is 1. The monoisotopic (exact) mass is 357 g/mol. The number of nitrogens with zero attached hydrogens (tertiary/aromatic N) is 5. The number of aryl methyl sites for hydroxylation is 1. The third-order valence-corrected chi connectivity index (χ3v) is 4.68. The van der Waals surface area contributed by atoms with Gasteiger partial charge < -0.3 is 9.64 Å². The second-order valence-corrected chi connectivity index (χ2v) is 7.04. The summed E-state index contributed by atoms with van der Waals surface area (Å²) in [7, 11) is 1.55. The van der Waals surface area contributed by atoms with Gasteiger partial charge in [-0.25, -0.2) is 9.97 Å². The molecule has 1 aliphatic heterocycles. The number of hydrogen-bond donors (Lipinski definition) is 0. The molecule has 1 aliphatic rings. The van der Waals surface area contributed by atoms with Gasteiger partial charge in [-0.15, -0.1) is 0 Å². The molecule has 1 atom stereocenters. The van der Waals surface area contributed by atoms with Gasteiger partial charge in [-0.2, -0.15) is 5.10 Å². The fourth-order valence-corrected chi connectivity index (χ4v) is 3.51. The quantitative estimate of drug-likeness (QED) is 0.822. The van der Waals surface area contributed by atoms with E-state index in [2.05, 4.69) is 23.9 Å². The van der Waals surface area contributed by atoms with Crippen LogP contribution in [0.15, 0.2) is 18.3 Å². The van der Waals surface area contributed by atoms with E-state index in [1.807, 2.05) is 28.6 Å². The van der Waals surface area contributed by atoms with Crippen LogP contribution in [0.25, 0.3) is 11.4 Å². The van der Waals surface area contributed by atoms with Gasteiger partial charge in [0.15, 0.2) is 5.82 Å². The van der Waals surface area contributed by atoms with Crippen LogP contribution in [0.1, 0.15) is 56.7 Å². The molecule has 3 rings (SSSR count). The summed E-state index contributed by atoms with van der Waals surface area (Å²) in [5, 5.41) is 4.41. The molecule has 1 amide bonds. The highest BCUT2D eigenvalue weighted by Crippen LogP contribution is 2.31. The number of carbonyl (C=O) groups excluding carboxylic acids is 1. The number of ether oxygens (including phenoxy) is 1. The smallest absolute Gasteiger partial charge is 0.249 e. The van der Waals surface area contributed by atoms with Crippen molar-refractivity contribution in [1.29, 1.82) is 0 Å². The van der Waals surface area contributed by atoms with Crippen molar-refractivity contribution >= 4 is 5.91 Å². The van der Waals surface area contributed by atoms with E-state index in [4.69, 9.17) is 9.72 Å². The molecular weight excluding hydrogens is 330 g/mol. The first-order valence-corrected chi connectivity index (χ1v) is 9.19. The number of amides is 1. The summed E-state index contributed by atoms with van der Waals surface area (Å²) >= 11 is 0. The SMILES string of the molecule is COCC(=O)N1CCCC[C@@H]1c1nc(C)cc(-c2ccnn2C(C)C)n1. The number of likely N-dealkylation sites (tertiary alicyclic amines) is 1. The number of hydrogen-bond acceptors (Lipinski definition) is 5. The summed E-state index contributed by atoms with van der Waals surface area (Å²) < 4.78 is 7.00. The zero-order valence-electron chi connectivity index (χ0n) is 16.0. The van der Waals surface area contributed by atoms with Crippen LogP contribution < -0.4 is 0 Å². The number of aromatic nitrogens is 4. The molecule has 1 fully saturated rings. The lowest BCUT2D eigenvalue weighted by molar-refractivity contribution is -0.139. The fourth-order valence-electron chi connectivity index (χ4n) is 3.51. The van der Waals surface area contributed by atoms with Gasteiger partial charge in [-0.05, 0) is 52.2 Å². The maximum atomic E-state index is 12.5. The van der Waals surface area contributed by atoms with E-state index < -0.39 is 0 Å². The molecular formula is C19H27N5O2.